The molecule has 0 radical (unpaired) electrons. The first kappa shape index (κ1) is 16.0. The predicted molar refractivity (Wildman–Crippen MR) is 95.6 cm³/mol. The maximum atomic E-state index is 12.4. The van der Waals surface area contributed by atoms with Crippen LogP contribution in [0, 0.1) is 0 Å². The number of pyridine rings is 1. The van der Waals surface area contributed by atoms with Gasteiger partial charge in [-0.1, -0.05) is 41.6 Å². The number of carbonyl (C=O) groups excluding carboxylic acids is 1. The molecule has 0 saturated carbocycles. The van der Waals surface area contributed by atoms with Gasteiger partial charge in [0.05, 0.1) is 6.20 Å². The van der Waals surface area contributed by atoms with Gasteiger partial charge in [-0.25, -0.2) is 0 Å². The highest BCUT2D eigenvalue weighted by molar-refractivity contribution is 5.99. The van der Waals surface area contributed by atoms with Crippen molar-refractivity contribution < 1.29 is 9.32 Å². The van der Waals surface area contributed by atoms with Gasteiger partial charge in [-0.15, -0.1) is 10.2 Å². The van der Waals surface area contributed by atoms with Crippen molar-refractivity contribution >= 4 is 11.6 Å². The number of carbonyl (C=O) groups is 1. The Bertz CT molecular complexity index is 1020. The Labute approximate surface area is 149 Å². The maximum Gasteiger partial charge on any atom is 0.256 e. The molecule has 0 aliphatic heterocycles. The fraction of sp³-hybridized carbons (Fsp3) is 0.158. The van der Waals surface area contributed by atoms with Gasteiger partial charge in [-0.2, -0.15) is 0 Å². The molecule has 0 bridgehead atoms. The third kappa shape index (κ3) is 3.19. The van der Waals surface area contributed by atoms with Crippen LogP contribution in [-0.4, -0.2) is 32.2 Å². The fourth-order valence-electron chi connectivity index (χ4n) is 2.80. The van der Waals surface area contributed by atoms with E-state index in [2.05, 4.69) is 20.7 Å². The normalized spacial score (nSPS) is 10.9. The van der Waals surface area contributed by atoms with E-state index in [1.807, 2.05) is 59.1 Å². The third-order valence-electron chi connectivity index (χ3n) is 4.10. The van der Waals surface area contributed by atoms with E-state index in [-0.39, 0.29) is 5.91 Å². The molecule has 0 unspecified atom stereocenters. The summed E-state index contributed by atoms with van der Waals surface area (Å²) >= 11 is 0. The van der Waals surface area contributed by atoms with Crippen LogP contribution in [0.4, 0.5) is 0 Å². The standard InChI is InChI=1S/C19H17N5O2/c25-19(15-13-21-26-18(15)14-7-2-1-3-8-14)20-11-6-10-17-23-22-16-9-4-5-12-24(16)17/h1-5,7-9,12-13H,6,10-11H2,(H,20,25). The summed E-state index contributed by atoms with van der Waals surface area (Å²) in [4.78, 5) is 12.4. The third-order valence-corrected chi connectivity index (χ3v) is 4.10. The van der Waals surface area contributed by atoms with Crippen molar-refractivity contribution in [2.75, 3.05) is 6.54 Å². The summed E-state index contributed by atoms with van der Waals surface area (Å²) in [6.07, 6.45) is 4.87. The van der Waals surface area contributed by atoms with Crippen LogP contribution in [0.5, 0.6) is 0 Å². The number of aromatic nitrogens is 4. The smallest absolute Gasteiger partial charge is 0.256 e. The van der Waals surface area contributed by atoms with Crippen LogP contribution < -0.4 is 5.32 Å². The summed E-state index contributed by atoms with van der Waals surface area (Å²) in [5.74, 6) is 1.16. The Kier molecular flexibility index (Phi) is 4.42. The van der Waals surface area contributed by atoms with Crippen molar-refractivity contribution in [1.29, 1.82) is 0 Å². The molecule has 0 aliphatic carbocycles. The second-order valence-electron chi connectivity index (χ2n) is 5.84. The molecule has 0 fully saturated rings. The number of fused-ring (bicyclic) bond motifs is 1. The van der Waals surface area contributed by atoms with E-state index >= 15 is 0 Å². The lowest BCUT2D eigenvalue weighted by molar-refractivity contribution is 0.0953. The Balaban J connectivity index is 1.36. The first-order valence-electron chi connectivity index (χ1n) is 8.40. The van der Waals surface area contributed by atoms with Gasteiger partial charge in [-0.05, 0) is 18.6 Å². The molecule has 7 nitrogen and oxygen atoms in total. The van der Waals surface area contributed by atoms with Crippen LogP contribution in [0.2, 0.25) is 0 Å². The Morgan fingerprint density at radius 1 is 1.08 bits per heavy atom. The first-order chi connectivity index (χ1) is 12.8. The van der Waals surface area contributed by atoms with Gasteiger partial charge in [0.2, 0.25) is 0 Å². The van der Waals surface area contributed by atoms with Gasteiger partial charge in [-0.3, -0.25) is 9.20 Å². The SMILES string of the molecule is O=C(NCCCc1nnc2ccccn12)c1cnoc1-c1ccccc1. The Hall–Kier alpha value is -3.48. The van der Waals surface area contributed by atoms with Crippen LogP contribution in [0.3, 0.4) is 0 Å². The molecule has 0 aliphatic rings. The van der Waals surface area contributed by atoms with Crippen molar-refractivity contribution in [2.45, 2.75) is 12.8 Å². The number of nitrogens with zero attached hydrogens (tertiary/aromatic N) is 4. The van der Waals surface area contributed by atoms with E-state index in [4.69, 9.17) is 4.52 Å². The van der Waals surface area contributed by atoms with Gasteiger partial charge < -0.3 is 9.84 Å². The molecule has 26 heavy (non-hydrogen) atoms. The lowest BCUT2D eigenvalue weighted by atomic mass is 10.1. The van der Waals surface area contributed by atoms with Crippen LogP contribution in [-0.2, 0) is 6.42 Å². The number of rotatable bonds is 6. The maximum absolute atomic E-state index is 12.4. The second-order valence-corrected chi connectivity index (χ2v) is 5.84. The molecule has 7 heteroatoms. The number of hydrogen-bond acceptors (Lipinski definition) is 5. The predicted octanol–water partition coefficient (Wildman–Crippen LogP) is 2.75. The zero-order valence-electron chi connectivity index (χ0n) is 14.0. The number of benzene rings is 1. The molecule has 1 aromatic carbocycles. The molecule has 3 aromatic heterocycles. The van der Waals surface area contributed by atoms with Crippen molar-refractivity contribution in [3.63, 3.8) is 0 Å². The van der Waals surface area contributed by atoms with Crippen LogP contribution in [0.1, 0.15) is 22.6 Å². The Morgan fingerprint density at radius 2 is 1.92 bits per heavy atom. The summed E-state index contributed by atoms with van der Waals surface area (Å²) in [6.45, 7) is 0.528. The molecular formula is C19H17N5O2. The summed E-state index contributed by atoms with van der Waals surface area (Å²) in [6, 6.07) is 15.2. The molecule has 0 saturated heterocycles. The van der Waals surface area contributed by atoms with E-state index in [0.29, 0.717) is 17.9 Å². The number of aryl methyl sites for hydroxylation is 1. The minimum absolute atomic E-state index is 0.198. The molecular weight excluding hydrogens is 330 g/mol. The second kappa shape index (κ2) is 7.18. The van der Waals surface area contributed by atoms with Gasteiger partial charge in [0.1, 0.15) is 11.4 Å². The highest BCUT2D eigenvalue weighted by Gasteiger charge is 2.17. The fourth-order valence-corrected chi connectivity index (χ4v) is 2.80. The molecule has 3 heterocycles. The van der Waals surface area contributed by atoms with Crippen molar-refractivity contribution in [2.24, 2.45) is 0 Å². The highest BCUT2D eigenvalue weighted by atomic mass is 16.5. The highest BCUT2D eigenvalue weighted by Crippen LogP contribution is 2.22. The summed E-state index contributed by atoms with van der Waals surface area (Å²) in [5.41, 5.74) is 2.08. The number of amides is 1. The molecule has 1 N–H and O–H groups in total. The quantitative estimate of drug-likeness (QED) is 0.542. The average molecular weight is 347 g/mol. The minimum atomic E-state index is -0.198. The first-order valence-corrected chi connectivity index (χ1v) is 8.40. The Morgan fingerprint density at radius 3 is 2.81 bits per heavy atom. The van der Waals surface area contributed by atoms with E-state index in [1.165, 1.54) is 6.20 Å². The number of hydrogen-bond donors (Lipinski definition) is 1. The van der Waals surface area contributed by atoms with Crippen LogP contribution in [0.15, 0.2) is 65.4 Å². The largest absolute Gasteiger partial charge is 0.355 e. The van der Waals surface area contributed by atoms with Crippen LogP contribution in [0.25, 0.3) is 17.0 Å². The summed E-state index contributed by atoms with van der Waals surface area (Å²) < 4.78 is 7.21. The molecule has 4 rings (SSSR count). The van der Waals surface area contributed by atoms with E-state index in [1.54, 1.807) is 0 Å². The zero-order chi connectivity index (χ0) is 17.8. The summed E-state index contributed by atoms with van der Waals surface area (Å²) in [5, 5.41) is 15.0. The molecule has 0 atom stereocenters. The lowest BCUT2D eigenvalue weighted by Gasteiger charge is -2.05. The van der Waals surface area contributed by atoms with E-state index < -0.39 is 0 Å². The molecule has 1 amide bonds. The van der Waals surface area contributed by atoms with Crippen LogP contribution >= 0.6 is 0 Å². The van der Waals surface area contributed by atoms with Gasteiger partial charge in [0, 0.05) is 24.7 Å². The summed E-state index contributed by atoms with van der Waals surface area (Å²) in [7, 11) is 0. The van der Waals surface area contributed by atoms with Crippen molar-refractivity contribution in [3.8, 4) is 11.3 Å². The molecule has 0 spiro atoms. The average Bonchev–Trinajstić information content (AvgIpc) is 3.33. The lowest BCUT2D eigenvalue weighted by Crippen LogP contribution is -2.25. The number of nitrogens with one attached hydrogen (secondary N) is 1. The van der Waals surface area contributed by atoms with Gasteiger partial charge >= 0.3 is 0 Å². The monoisotopic (exact) mass is 347 g/mol. The van der Waals surface area contributed by atoms with Crippen molar-refractivity contribution in [3.05, 3.63) is 72.3 Å². The molecule has 4 aromatic rings. The van der Waals surface area contributed by atoms with E-state index in [9.17, 15) is 4.79 Å². The van der Waals surface area contributed by atoms with E-state index in [0.717, 1.165) is 29.9 Å². The van der Waals surface area contributed by atoms with Gasteiger partial charge in [0.15, 0.2) is 11.4 Å². The van der Waals surface area contributed by atoms with Crippen molar-refractivity contribution in [1.82, 2.24) is 25.1 Å². The minimum Gasteiger partial charge on any atom is -0.355 e. The van der Waals surface area contributed by atoms with Gasteiger partial charge in [0.25, 0.3) is 5.91 Å². The zero-order valence-corrected chi connectivity index (χ0v) is 14.0. The molecule has 130 valence electrons. The topological polar surface area (TPSA) is 85.3 Å².